The second kappa shape index (κ2) is 6.71. The number of aliphatic hydroxyl groups is 1. The average Bonchev–Trinajstić information content (AvgIpc) is 2.35. The molecule has 0 radical (unpaired) electrons. The highest BCUT2D eigenvalue weighted by Crippen LogP contribution is 2.25. The van der Waals surface area contributed by atoms with Crippen LogP contribution in [0.25, 0.3) is 0 Å². The van der Waals surface area contributed by atoms with E-state index in [1.807, 2.05) is 24.3 Å². The SMILES string of the molecule is CC1CN(CCC(O)c2ccccc2Cl)CC(C)O1. The topological polar surface area (TPSA) is 32.7 Å². The predicted molar refractivity (Wildman–Crippen MR) is 77.5 cm³/mol. The maximum atomic E-state index is 10.2. The van der Waals surface area contributed by atoms with Crippen LogP contribution in [-0.4, -0.2) is 41.8 Å². The molecule has 1 aromatic carbocycles. The number of ether oxygens (including phenoxy) is 1. The summed E-state index contributed by atoms with van der Waals surface area (Å²) in [4.78, 5) is 2.35. The molecule has 1 aliphatic rings. The second-order valence-electron chi connectivity index (χ2n) is 5.34. The third-order valence-corrected chi connectivity index (χ3v) is 3.82. The van der Waals surface area contributed by atoms with E-state index in [0.717, 1.165) is 25.2 Å². The maximum Gasteiger partial charge on any atom is 0.0816 e. The van der Waals surface area contributed by atoms with Crippen molar-refractivity contribution in [2.24, 2.45) is 0 Å². The summed E-state index contributed by atoms with van der Waals surface area (Å²) < 4.78 is 5.70. The molecule has 1 aromatic rings. The third-order valence-electron chi connectivity index (χ3n) is 3.48. The molecule has 0 bridgehead atoms. The molecule has 1 N–H and O–H groups in total. The Kier molecular flexibility index (Phi) is 5.22. The van der Waals surface area contributed by atoms with E-state index in [1.54, 1.807) is 0 Å². The molecule has 0 aliphatic carbocycles. The van der Waals surface area contributed by atoms with Crippen LogP contribution in [0.5, 0.6) is 0 Å². The van der Waals surface area contributed by atoms with Crippen LogP contribution in [0.4, 0.5) is 0 Å². The summed E-state index contributed by atoms with van der Waals surface area (Å²) in [6.45, 7) is 6.91. The van der Waals surface area contributed by atoms with Gasteiger partial charge in [-0.1, -0.05) is 29.8 Å². The number of morpholine rings is 1. The quantitative estimate of drug-likeness (QED) is 0.922. The largest absolute Gasteiger partial charge is 0.388 e. The molecule has 0 amide bonds. The van der Waals surface area contributed by atoms with Crippen LogP contribution >= 0.6 is 11.6 Å². The van der Waals surface area contributed by atoms with E-state index in [4.69, 9.17) is 16.3 Å². The van der Waals surface area contributed by atoms with Crippen LogP contribution in [0.3, 0.4) is 0 Å². The summed E-state index contributed by atoms with van der Waals surface area (Å²) >= 11 is 6.09. The molecule has 0 spiro atoms. The summed E-state index contributed by atoms with van der Waals surface area (Å²) in [5.41, 5.74) is 0.818. The Morgan fingerprint density at radius 3 is 2.58 bits per heavy atom. The molecule has 4 heteroatoms. The van der Waals surface area contributed by atoms with Gasteiger partial charge in [-0.15, -0.1) is 0 Å². The van der Waals surface area contributed by atoms with E-state index in [-0.39, 0.29) is 12.2 Å². The van der Waals surface area contributed by atoms with Crippen LogP contribution in [-0.2, 0) is 4.74 Å². The van der Waals surface area contributed by atoms with Gasteiger partial charge in [-0.25, -0.2) is 0 Å². The zero-order valence-electron chi connectivity index (χ0n) is 11.6. The van der Waals surface area contributed by atoms with Gasteiger partial charge in [0.25, 0.3) is 0 Å². The van der Waals surface area contributed by atoms with E-state index in [9.17, 15) is 5.11 Å². The first-order valence-corrected chi connectivity index (χ1v) is 7.24. The highest BCUT2D eigenvalue weighted by atomic mass is 35.5. The van der Waals surface area contributed by atoms with Gasteiger partial charge in [-0.2, -0.15) is 0 Å². The first kappa shape index (κ1) is 14.8. The van der Waals surface area contributed by atoms with Crippen molar-refractivity contribution in [3.63, 3.8) is 0 Å². The monoisotopic (exact) mass is 283 g/mol. The molecule has 0 aromatic heterocycles. The summed E-state index contributed by atoms with van der Waals surface area (Å²) in [7, 11) is 0. The van der Waals surface area contributed by atoms with Crippen LogP contribution in [0, 0.1) is 0 Å². The standard InChI is InChI=1S/C15H22ClNO2/c1-11-9-17(10-12(2)19-11)8-7-15(18)13-5-3-4-6-14(13)16/h3-6,11-12,15,18H,7-10H2,1-2H3. The number of hydrogen-bond acceptors (Lipinski definition) is 3. The lowest BCUT2D eigenvalue weighted by atomic mass is 10.1. The third kappa shape index (κ3) is 4.18. The van der Waals surface area contributed by atoms with Crippen molar-refractivity contribution < 1.29 is 9.84 Å². The fraction of sp³-hybridized carbons (Fsp3) is 0.600. The molecule has 106 valence electrons. The summed E-state index contributed by atoms with van der Waals surface area (Å²) in [5, 5.41) is 10.9. The van der Waals surface area contributed by atoms with E-state index in [1.165, 1.54) is 0 Å². The summed E-state index contributed by atoms with van der Waals surface area (Å²) in [6.07, 6.45) is 0.730. The van der Waals surface area contributed by atoms with Gasteiger partial charge in [0.15, 0.2) is 0 Å². The Balaban J connectivity index is 1.87. The molecule has 3 unspecified atom stereocenters. The Bertz CT molecular complexity index is 403. The van der Waals surface area contributed by atoms with Gasteiger partial charge in [-0.3, -0.25) is 4.90 Å². The van der Waals surface area contributed by atoms with E-state index >= 15 is 0 Å². The van der Waals surface area contributed by atoms with Crippen molar-refractivity contribution in [3.05, 3.63) is 34.9 Å². The molecule has 1 saturated heterocycles. The molecule has 3 nitrogen and oxygen atoms in total. The van der Waals surface area contributed by atoms with Crippen molar-refractivity contribution in [2.45, 2.75) is 38.6 Å². The smallest absolute Gasteiger partial charge is 0.0816 e. The molecule has 0 saturated carbocycles. The Morgan fingerprint density at radius 2 is 1.95 bits per heavy atom. The Hall–Kier alpha value is -0.610. The lowest BCUT2D eigenvalue weighted by Gasteiger charge is -2.35. The molecule has 3 atom stereocenters. The van der Waals surface area contributed by atoms with Crippen molar-refractivity contribution in [2.75, 3.05) is 19.6 Å². The van der Waals surface area contributed by atoms with Gasteiger partial charge in [-0.05, 0) is 31.9 Å². The lowest BCUT2D eigenvalue weighted by molar-refractivity contribution is -0.0702. The normalized spacial score (nSPS) is 26.3. The van der Waals surface area contributed by atoms with Crippen LogP contribution in [0.1, 0.15) is 31.9 Å². The zero-order valence-corrected chi connectivity index (χ0v) is 12.3. The number of hydrogen-bond donors (Lipinski definition) is 1. The lowest BCUT2D eigenvalue weighted by Crippen LogP contribution is -2.45. The van der Waals surface area contributed by atoms with Gasteiger partial charge in [0, 0.05) is 24.7 Å². The van der Waals surface area contributed by atoms with Crippen molar-refractivity contribution >= 4 is 11.6 Å². The highest BCUT2D eigenvalue weighted by molar-refractivity contribution is 6.31. The van der Waals surface area contributed by atoms with Crippen molar-refractivity contribution in [1.82, 2.24) is 4.90 Å². The Labute approximate surface area is 120 Å². The average molecular weight is 284 g/mol. The van der Waals surface area contributed by atoms with Crippen LogP contribution in [0.15, 0.2) is 24.3 Å². The number of nitrogens with zero attached hydrogens (tertiary/aromatic N) is 1. The van der Waals surface area contributed by atoms with Gasteiger partial charge in [0.05, 0.1) is 18.3 Å². The van der Waals surface area contributed by atoms with Gasteiger partial charge < -0.3 is 9.84 Å². The van der Waals surface area contributed by atoms with Crippen molar-refractivity contribution in [1.29, 1.82) is 0 Å². The number of halogens is 1. The zero-order chi connectivity index (χ0) is 13.8. The van der Waals surface area contributed by atoms with Gasteiger partial charge in [0.1, 0.15) is 0 Å². The molecule has 1 aliphatic heterocycles. The number of aliphatic hydroxyl groups excluding tert-OH is 1. The van der Waals surface area contributed by atoms with E-state index in [0.29, 0.717) is 11.4 Å². The van der Waals surface area contributed by atoms with Gasteiger partial charge in [0.2, 0.25) is 0 Å². The number of rotatable bonds is 4. The molecule has 1 fully saturated rings. The van der Waals surface area contributed by atoms with Gasteiger partial charge >= 0.3 is 0 Å². The minimum absolute atomic E-state index is 0.265. The van der Waals surface area contributed by atoms with Crippen molar-refractivity contribution in [3.8, 4) is 0 Å². The van der Waals surface area contributed by atoms with Crippen LogP contribution < -0.4 is 0 Å². The maximum absolute atomic E-state index is 10.2. The fourth-order valence-corrected chi connectivity index (χ4v) is 2.93. The predicted octanol–water partition coefficient (Wildman–Crippen LogP) is 2.87. The second-order valence-corrected chi connectivity index (χ2v) is 5.75. The highest BCUT2D eigenvalue weighted by Gasteiger charge is 2.22. The molecule has 2 rings (SSSR count). The molecule has 1 heterocycles. The van der Waals surface area contributed by atoms with E-state index < -0.39 is 6.10 Å². The Morgan fingerprint density at radius 1 is 1.32 bits per heavy atom. The molecule has 19 heavy (non-hydrogen) atoms. The minimum Gasteiger partial charge on any atom is -0.388 e. The first-order valence-electron chi connectivity index (χ1n) is 6.86. The minimum atomic E-state index is -0.498. The summed E-state index contributed by atoms with van der Waals surface area (Å²) in [6, 6.07) is 7.49. The van der Waals surface area contributed by atoms with E-state index in [2.05, 4.69) is 18.7 Å². The van der Waals surface area contributed by atoms with Crippen LogP contribution in [0.2, 0.25) is 5.02 Å². The number of benzene rings is 1. The molecular formula is C15H22ClNO2. The first-order chi connectivity index (χ1) is 9.06. The summed E-state index contributed by atoms with van der Waals surface area (Å²) in [5.74, 6) is 0. The molecular weight excluding hydrogens is 262 g/mol. The fourth-order valence-electron chi connectivity index (χ4n) is 2.67.